The van der Waals surface area contributed by atoms with Crippen molar-refractivity contribution in [2.75, 3.05) is 6.61 Å². The molecule has 0 unspecified atom stereocenters. The number of alkyl halides is 3. The van der Waals surface area contributed by atoms with E-state index in [-0.39, 0.29) is 0 Å². The molecule has 1 aliphatic rings. The lowest BCUT2D eigenvalue weighted by Crippen LogP contribution is -2.62. The highest BCUT2D eigenvalue weighted by atomic mass is 32.2. The number of hydrogen-bond acceptors (Lipinski definition) is 11. The van der Waals surface area contributed by atoms with E-state index in [1.165, 1.54) is 0 Å². The number of aliphatic hydroxyl groups excluding tert-OH is 1. The molecule has 1 fully saturated rings. The summed E-state index contributed by atoms with van der Waals surface area (Å²) in [7, 11) is -6.25. The van der Waals surface area contributed by atoms with Gasteiger partial charge in [-0.25, -0.2) is 0 Å². The third kappa shape index (κ3) is 6.29. The van der Waals surface area contributed by atoms with Gasteiger partial charge in [0.05, 0.1) is 0 Å². The normalized spacial score (nSPS) is 28.3. The van der Waals surface area contributed by atoms with Crippen molar-refractivity contribution in [1.82, 2.24) is 0 Å². The van der Waals surface area contributed by atoms with Crippen LogP contribution < -0.4 is 0 Å². The SMILES string of the molecule is CC(=O)OC[C@H]1O[C@@H](O)[C@@H](OS(=O)(=O)C(F)(F)F)[C@@H](OC(C)=O)[C@@H]1OC(C)=O. The molecule has 0 aliphatic carbocycles. The van der Waals surface area contributed by atoms with Crippen molar-refractivity contribution in [3.8, 4) is 0 Å². The van der Waals surface area contributed by atoms with Crippen LogP contribution in [0.1, 0.15) is 20.8 Å². The topological polar surface area (TPSA) is 152 Å². The first-order valence-electron chi connectivity index (χ1n) is 7.46. The molecule has 15 heteroatoms. The summed E-state index contributed by atoms with van der Waals surface area (Å²) in [5.41, 5.74) is -5.86. The summed E-state index contributed by atoms with van der Waals surface area (Å²) < 4.78 is 83.5. The van der Waals surface area contributed by atoms with Gasteiger partial charge in [0.25, 0.3) is 0 Å². The van der Waals surface area contributed by atoms with Gasteiger partial charge < -0.3 is 24.1 Å². The molecule has 0 spiro atoms. The van der Waals surface area contributed by atoms with Crippen molar-refractivity contribution in [3.05, 3.63) is 0 Å². The molecule has 11 nitrogen and oxygen atoms in total. The maximum absolute atomic E-state index is 12.6. The average molecular weight is 438 g/mol. The van der Waals surface area contributed by atoms with E-state index < -0.39 is 70.8 Å². The Morgan fingerprint density at radius 1 is 0.964 bits per heavy atom. The van der Waals surface area contributed by atoms with Crippen LogP contribution in [-0.4, -0.2) is 74.3 Å². The van der Waals surface area contributed by atoms with Gasteiger partial charge in [-0.3, -0.25) is 18.6 Å². The zero-order chi connectivity index (χ0) is 21.9. The van der Waals surface area contributed by atoms with Crippen LogP contribution in [0.4, 0.5) is 13.2 Å². The van der Waals surface area contributed by atoms with Gasteiger partial charge in [-0.15, -0.1) is 0 Å². The van der Waals surface area contributed by atoms with Crippen LogP contribution in [0.2, 0.25) is 0 Å². The number of carbonyl (C=O) groups excluding carboxylic acids is 3. The van der Waals surface area contributed by atoms with Crippen molar-refractivity contribution in [3.63, 3.8) is 0 Å². The van der Waals surface area contributed by atoms with E-state index >= 15 is 0 Å². The van der Waals surface area contributed by atoms with Crippen LogP contribution in [0.3, 0.4) is 0 Å². The van der Waals surface area contributed by atoms with Crippen LogP contribution >= 0.6 is 0 Å². The molecule has 0 aromatic heterocycles. The van der Waals surface area contributed by atoms with Crippen LogP contribution in [0.5, 0.6) is 0 Å². The summed E-state index contributed by atoms with van der Waals surface area (Å²) in [6, 6.07) is 0. The fourth-order valence-corrected chi connectivity index (χ4v) is 2.80. The van der Waals surface area contributed by atoms with Gasteiger partial charge in [0.2, 0.25) is 0 Å². The van der Waals surface area contributed by atoms with E-state index in [9.17, 15) is 41.1 Å². The van der Waals surface area contributed by atoms with Gasteiger partial charge >= 0.3 is 33.5 Å². The summed E-state index contributed by atoms with van der Waals surface area (Å²) >= 11 is 0. The van der Waals surface area contributed by atoms with Crippen molar-refractivity contribution in [2.45, 2.75) is 57.0 Å². The van der Waals surface area contributed by atoms with Crippen molar-refractivity contribution in [1.29, 1.82) is 0 Å². The molecule has 1 heterocycles. The molecule has 0 radical (unpaired) electrons. The summed E-state index contributed by atoms with van der Waals surface area (Å²) in [4.78, 5) is 33.6. The molecule has 28 heavy (non-hydrogen) atoms. The smallest absolute Gasteiger partial charge is 0.463 e. The molecule has 0 amide bonds. The number of carbonyl (C=O) groups is 3. The van der Waals surface area contributed by atoms with Gasteiger partial charge in [0.15, 0.2) is 24.6 Å². The summed E-state index contributed by atoms with van der Waals surface area (Å²) in [5, 5.41) is 9.92. The van der Waals surface area contributed by atoms with E-state index in [2.05, 4.69) is 8.92 Å². The second-order valence-electron chi connectivity index (χ2n) is 5.48. The molecule has 5 atom stereocenters. The molecular weight excluding hydrogens is 421 g/mol. The average Bonchev–Trinajstić information content (AvgIpc) is 2.49. The lowest BCUT2D eigenvalue weighted by molar-refractivity contribution is -0.288. The number of hydrogen-bond donors (Lipinski definition) is 1. The largest absolute Gasteiger partial charge is 0.523 e. The van der Waals surface area contributed by atoms with E-state index in [4.69, 9.17) is 14.2 Å². The first-order valence-corrected chi connectivity index (χ1v) is 8.87. The predicted octanol–water partition coefficient (Wildman–Crippen LogP) is -0.635. The summed E-state index contributed by atoms with van der Waals surface area (Å²) in [5.74, 6) is -2.96. The monoisotopic (exact) mass is 438 g/mol. The van der Waals surface area contributed by atoms with Gasteiger partial charge in [-0.05, 0) is 0 Å². The molecule has 0 aromatic carbocycles. The molecule has 0 bridgehead atoms. The van der Waals surface area contributed by atoms with Crippen LogP contribution in [-0.2, 0) is 47.6 Å². The molecule has 1 saturated heterocycles. The lowest BCUT2D eigenvalue weighted by Gasteiger charge is -2.42. The van der Waals surface area contributed by atoms with Crippen molar-refractivity contribution >= 4 is 28.0 Å². The molecule has 0 aromatic rings. The fourth-order valence-electron chi connectivity index (χ4n) is 2.19. The zero-order valence-electron chi connectivity index (χ0n) is 14.7. The second kappa shape index (κ2) is 9.02. The van der Waals surface area contributed by atoms with E-state index in [1.807, 2.05) is 0 Å². The minimum atomic E-state index is -6.25. The zero-order valence-corrected chi connectivity index (χ0v) is 15.5. The number of halogens is 3. The summed E-state index contributed by atoms with van der Waals surface area (Å²) in [6.07, 6.45) is -10.1. The standard InChI is InChI=1S/C13H17F3O11S/c1-5(17)23-4-8-9(24-6(2)18)10(25-7(3)19)11(12(20)26-8)27-28(21,22)13(14,15)16/h8-12,20H,4H2,1-3H3/t8-,9-,10+,11+,12-/m1/s1. The Kier molecular flexibility index (Phi) is 7.75. The van der Waals surface area contributed by atoms with Crippen LogP contribution in [0.15, 0.2) is 0 Å². The first-order chi connectivity index (χ1) is 12.7. The predicted molar refractivity (Wildman–Crippen MR) is 78.5 cm³/mol. The highest BCUT2D eigenvalue weighted by Gasteiger charge is 2.56. The maximum Gasteiger partial charge on any atom is 0.523 e. The quantitative estimate of drug-likeness (QED) is 0.244. The minimum absolute atomic E-state index is 0.666. The lowest BCUT2D eigenvalue weighted by atomic mass is 9.98. The minimum Gasteiger partial charge on any atom is -0.463 e. The Bertz CT molecular complexity index is 705. The van der Waals surface area contributed by atoms with E-state index in [0.717, 1.165) is 20.8 Å². The molecule has 0 saturated carbocycles. The Morgan fingerprint density at radius 3 is 1.89 bits per heavy atom. The van der Waals surface area contributed by atoms with Gasteiger partial charge in [0, 0.05) is 20.8 Å². The van der Waals surface area contributed by atoms with Gasteiger partial charge in [-0.1, -0.05) is 0 Å². The molecule has 1 N–H and O–H groups in total. The highest BCUT2D eigenvalue weighted by molar-refractivity contribution is 7.87. The Morgan fingerprint density at radius 2 is 1.46 bits per heavy atom. The third-order valence-corrected chi connectivity index (χ3v) is 4.23. The Labute approximate surface area is 156 Å². The fraction of sp³-hybridized carbons (Fsp3) is 0.769. The molecular formula is C13H17F3O11S. The maximum atomic E-state index is 12.6. The van der Waals surface area contributed by atoms with E-state index in [1.54, 1.807) is 0 Å². The highest BCUT2D eigenvalue weighted by Crippen LogP contribution is 2.33. The van der Waals surface area contributed by atoms with Gasteiger partial charge in [-0.2, -0.15) is 21.6 Å². The van der Waals surface area contributed by atoms with E-state index in [0.29, 0.717) is 0 Å². The molecule has 1 rings (SSSR count). The molecule has 162 valence electrons. The first kappa shape index (κ1) is 24.1. The number of rotatable bonds is 6. The third-order valence-electron chi connectivity index (χ3n) is 3.19. The number of aliphatic hydroxyl groups is 1. The molecule has 1 aliphatic heterocycles. The Hall–Kier alpha value is -1.97. The van der Waals surface area contributed by atoms with Crippen LogP contribution in [0, 0.1) is 0 Å². The van der Waals surface area contributed by atoms with Crippen molar-refractivity contribution < 1.29 is 64.2 Å². The van der Waals surface area contributed by atoms with Crippen LogP contribution in [0.25, 0.3) is 0 Å². The summed E-state index contributed by atoms with van der Waals surface area (Å²) in [6.45, 7) is 2.05. The second-order valence-corrected chi connectivity index (χ2v) is 7.04. The van der Waals surface area contributed by atoms with Gasteiger partial charge in [0.1, 0.15) is 12.7 Å². The Balaban J connectivity index is 3.29. The van der Waals surface area contributed by atoms with Crippen molar-refractivity contribution in [2.24, 2.45) is 0 Å². The number of ether oxygens (including phenoxy) is 4. The number of esters is 3.